The van der Waals surface area contributed by atoms with Gasteiger partial charge in [-0.2, -0.15) is 0 Å². The third-order valence-electron chi connectivity index (χ3n) is 3.48. The van der Waals surface area contributed by atoms with Crippen LogP contribution in [0.2, 0.25) is 0 Å². The molecule has 3 nitrogen and oxygen atoms in total. The summed E-state index contributed by atoms with van der Waals surface area (Å²) in [6.45, 7) is 2.69. The number of fused-ring (bicyclic) bond motifs is 1. The molecule has 0 radical (unpaired) electrons. The Morgan fingerprint density at radius 2 is 2.17 bits per heavy atom. The van der Waals surface area contributed by atoms with Crippen LogP contribution in [0, 0.1) is 0 Å². The van der Waals surface area contributed by atoms with Crippen molar-refractivity contribution in [2.24, 2.45) is 5.73 Å². The highest BCUT2D eigenvalue weighted by Crippen LogP contribution is 2.22. The third-order valence-corrected chi connectivity index (χ3v) is 3.48. The lowest BCUT2D eigenvalue weighted by Crippen LogP contribution is -2.26. The zero-order valence-electron chi connectivity index (χ0n) is 11.0. The van der Waals surface area contributed by atoms with E-state index in [4.69, 9.17) is 5.73 Å². The maximum atomic E-state index is 11.9. The molecule has 3 N–H and O–H groups in total. The molecule has 0 heterocycles. The first kappa shape index (κ1) is 13.1. The molecule has 1 aromatic carbocycles. The Kier molecular flexibility index (Phi) is 4.37. The average Bonchev–Trinajstić information content (AvgIpc) is 2.81. The fourth-order valence-corrected chi connectivity index (χ4v) is 2.44. The highest BCUT2D eigenvalue weighted by molar-refractivity contribution is 5.94. The molecule has 0 fully saturated rings. The number of hydrogen-bond donors (Lipinski definition) is 2. The summed E-state index contributed by atoms with van der Waals surface area (Å²) in [6.07, 6.45) is 5.38. The van der Waals surface area contributed by atoms with Gasteiger partial charge in [-0.25, -0.2) is 0 Å². The van der Waals surface area contributed by atoms with Crippen LogP contribution in [0.4, 0.5) is 0 Å². The molecule has 1 aliphatic rings. The fourth-order valence-electron chi connectivity index (χ4n) is 2.44. The molecule has 1 unspecified atom stereocenters. The van der Waals surface area contributed by atoms with Crippen molar-refractivity contribution in [3.63, 3.8) is 0 Å². The first-order valence-electron chi connectivity index (χ1n) is 6.82. The number of carbonyl (C=O) groups excluding carboxylic acids is 1. The van der Waals surface area contributed by atoms with Crippen LogP contribution in [0.15, 0.2) is 18.2 Å². The van der Waals surface area contributed by atoms with Gasteiger partial charge in [0.2, 0.25) is 0 Å². The number of benzene rings is 1. The Balaban J connectivity index is 1.85. The number of aryl methyl sites for hydroxylation is 2. The van der Waals surface area contributed by atoms with E-state index < -0.39 is 0 Å². The molecule has 0 saturated carbocycles. The summed E-state index contributed by atoms with van der Waals surface area (Å²) >= 11 is 0. The van der Waals surface area contributed by atoms with Crippen molar-refractivity contribution < 1.29 is 4.79 Å². The van der Waals surface area contributed by atoms with Gasteiger partial charge in [0.1, 0.15) is 0 Å². The minimum Gasteiger partial charge on any atom is -0.352 e. The van der Waals surface area contributed by atoms with Gasteiger partial charge in [0, 0.05) is 18.2 Å². The van der Waals surface area contributed by atoms with Crippen molar-refractivity contribution in [3.8, 4) is 0 Å². The molecule has 2 rings (SSSR count). The van der Waals surface area contributed by atoms with E-state index in [-0.39, 0.29) is 11.9 Å². The molecule has 0 aromatic heterocycles. The topological polar surface area (TPSA) is 55.1 Å². The molecule has 0 aliphatic heterocycles. The van der Waals surface area contributed by atoms with Gasteiger partial charge in [-0.15, -0.1) is 0 Å². The van der Waals surface area contributed by atoms with E-state index in [2.05, 4.69) is 11.4 Å². The van der Waals surface area contributed by atoms with E-state index in [0.717, 1.165) is 31.2 Å². The molecular formula is C15H22N2O. The van der Waals surface area contributed by atoms with Crippen LogP contribution in [0.5, 0.6) is 0 Å². The smallest absolute Gasteiger partial charge is 0.251 e. The van der Waals surface area contributed by atoms with Crippen LogP contribution < -0.4 is 11.1 Å². The van der Waals surface area contributed by atoms with Crippen LogP contribution in [-0.4, -0.2) is 18.5 Å². The molecule has 0 bridgehead atoms. The first-order valence-corrected chi connectivity index (χ1v) is 6.82. The van der Waals surface area contributed by atoms with E-state index in [1.807, 2.05) is 19.1 Å². The Morgan fingerprint density at radius 3 is 2.94 bits per heavy atom. The quantitative estimate of drug-likeness (QED) is 0.781. The summed E-state index contributed by atoms with van der Waals surface area (Å²) in [5.41, 5.74) is 9.21. The Labute approximate surface area is 109 Å². The first-order chi connectivity index (χ1) is 8.66. The second kappa shape index (κ2) is 6.01. The van der Waals surface area contributed by atoms with Gasteiger partial charge in [0.15, 0.2) is 0 Å². The van der Waals surface area contributed by atoms with Crippen molar-refractivity contribution in [2.75, 3.05) is 6.54 Å². The van der Waals surface area contributed by atoms with Crippen molar-refractivity contribution in [2.45, 2.75) is 45.1 Å². The van der Waals surface area contributed by atoms with E-state index >= 15 is 0 Å². The van der Waals surface area contributed by atoms with Crippen LogP contribution in [0.3, 0.4) is 0 Å². The van der Waals surface area contributed by atoms with E-state index in [1.165, 1.54) is 17.5 Å². The summed E-state index contributed by atoms with van der Waals surface area (Å²) in [7, 11) is 0. The number of amides is 1. The highest BCUT2D eigenvalue weighted by Gasteiger charge is 2.13. The van der Waals surface area contributed by atoms with Gasteiger partial charge < -0.3 is 11.1 Å². The zero-order chi connectivity index (χ0) is 13.0. The zero-order valence-corrected chi connectivity index (χ0v) is 11.0. The summed E-state index contributed by atoms with van der Waals surface area (Å²) in [6, 6.07) is 6.29. The molecule has 1 aromatic rings. The van der Waals surface area contributed by atoms with Crippen LogP contribution in [0.1, 0.15) is 47.7 Å². The molecule has 0 saturated heterocycles. The maximum absolute atomic E-state index is 11.9. The van der Waals surface area contributed by atoms with E-state index in [0.29, 0.717) is 6.54 Å². The van der Waals surface area contributed by atoms with Crippen molar-refractivity contribution in [3.05, 3.63) is 34.9 Å². The van der Waals surface area contributed by atoms with Crippen molar-refractivity contribution in [1.82, 2.24) is 5.32 Å². The van der Waals surface area contributed by atoms with Gasteiger partial charge in [-0.05, 0) is 62.3 Å². The summed E-state index contributed by atoms with van der Waals surface area (Å²) in [5.74, 6) is 0.0365. The molecule has 1 aliphatic carbocycles. The number of nitrogens with two attached hydrogens (primary N) is 1. The fraction of sp³-hybridized carbons (Fsp3) is 0.533. The highest BCUT2D eigenvalue weighted by atomic mass is 16.1. The van der Waals surface area contributed by atoms with Crippen LogP contribution in [0.25, 0.3) is 0 Å². The molecular weight excluding hydrogens is 224 g/mol. The summed E-state index contributed by atoms with van der Waals surface area (Å²) < 4.78 is 0. The second-order valence-electron chi connectivity index (χ2n) is 5.21. The number of carbonyl (C=O) groups is 1. The molecule has 3 heteroatoms. The van der Waals surface area contributed by atoms with Crippen LogP contribution >= 0.6 is 0 Å². The summed E-state index contributed by atoms with van der Waals surface area (Å²) in [5, 5.41) is 2.95. The third kappa shape index (κ3) is 3.33. The molecule has 98 valence electrons. The lowest BCUT2D eigenvalue weighted by atomic mass is 10.1. The number of hydrogen-bond acceptors (Lipinski definition) is 2. The molecule has 1 amide bonds. The maximum Gasteiger partial charge on any atom is 0.251 e. The minimum atomic E-state index is 0.0365. The molecule has 0 spiro atoms. The van der Waals surface area contributed by atoms with Gasteiger partial charge >= 0.3 is 0 Å². The molecule has 1 atom stereocenters. The number of rotatable bonds is 5. The normalized spacial score (nSPS) is 15.2. The van der Waals surface area contributed by atoms with Gasteiger partial charge in [0.25, 0.3) is 5.91 Å². The van der Waals surface area contributed by atoms with E-state index in [1.54, 1.807) is 0 Å². The number of nitrogens with one attached hydrogen (secondary N) is 1. The van der Waals surface area contributed by atoms with Crippen LogP contribution in [-0.2, 0) is 12.8 Å². The van der Waals surface area contributed by atoms with Crippen molar-refractivity contribution in [1.29, 1.82) is 0 Å². The Morgan fingerprint density at radius 1 is 1.39 bits per heavy atom. The van der Waals surface area contributed by atoms with Gasteiger partial charge in [-0.3, -0.25) is 4.79 Å². The minimum absolute atomic E-state index is 0.0365. The van der Waals surface area contributed by atoms with E-state index in [9.17, 15) is 4.79 Å². The second-order valence-corrected chi connectivity index (χ2v) is 5.21. The molecule has 18 heavy (non-hydrogen) atoms. The summed E-state index contributed by atoms with van der Waals surface area (Å²) in [4.78, 5) is 11.9. The Bertz CT molecular complexity index is 427. The Hall–Kier alpha value is -1.35. The average molecular weight is 246 g/mol. The van der Waals surface area contributed by atoms with Crippen molar-refractivity contribution >= 4 is 5.91 Å². The largest absolute Gasteiger partial charge is 0.352 e. The SMILES string of the molecule is CC(N)CCCNC(=O)c1ccc2c(c1)CCC2. The predicted octanol–water partition coefficient (Wildman–Crippen LogP) is 2.03. The lowest BCUT2D eigenvalue weighted by Gasteiger charge is -2.08. The van der Waals surface area contributed by atoms with Gasteiger partial charge in [0.05, 0.1) is 0 Å². The standard InChI is InChI=1S/C15H22N2O/c1-11(16)4-3-9-17-15(18)14-8-7-12-5-2-6-13(12)10-14/h7-8,10-11H,2-6,9,16H2,1H3,(H,17,18). The predicted molar refractivity (Wildman–Crippen MR) is 73.7 cm³/mol. The van der Waals surface area contributed by atoms with Gasteiger partial charge in [-0.1, -0.05) is 6.07 Å². The monoisotopic (exact) mass is 246 g/mol. The lowest BCUT2D eigenvalue weighted by molar-refractivity contribution is 0.0952.